The third-order valence-electron chi connectivity index (χ3n) is 4.35. The van der Waals surface area contributed by atoms with Gasteiger partial charge in [0, 0.05) is 30.9 Å². The van der Waals surface area contributed by atoms with Crippen molar-refractivity contribution < 1.29 is 14.7 Å². The number of likely N-dealkylation sites (tertiary alicyclic amines) is 1. The van der Waals surface area contributed by atoms with Gasteiger partial charge in [-0.15, -0.1) is 0 Å². The summed E-state index contributed by atoms with van der Waals surface area (Å²) in [6, 6.07) is 5.75. The van der Waals surface area contributed by atoms with Crippen molar-refractivity contribution in [2.45, 2.75) is 25.7 Å². The number of carboxylic acids is 1. The Morgan fingerprint density at radius 3 is 2.95 bits per heavy atom. The molecule has 0 aromatic heterocycles. The van der Waals surface area contributed by atoms with Crippen LogP contribution in [0.25, 0.3) is 0 Å². The SMILES string of the molecule is O=C(O)[C@@H]1CCCN(C(=O)c2ccc3c(c2)CCCN3)C1. The number of nitrogens with one attached hydrogen (secondary N) is 1. The number of carboxylic acid groups (broad SMARTS) is 1. The summed E-state index contributed by atoms with van der Waals surface area (Å²) in [5, 5.41) is 12.4. The fourth-order valence-electron chi connectivity index (χ4n) is 3.15. The Bertz CT molecular complexity index is 571. The van der Waals surface area contributed by atoms with Gasteiger partial charge in [0.15, 0.2) is 0 Å². The van der Waals surface area contributed by atoms with E-state index < -0.39 is 11.9 Å². The van der Waals surface area contributed by atoms with Crippen molar-refractivity contribution in [3.63, 3.8) is 0 Å². The van der Waals surface area contributed by atoms with Crippen LogP contribution in [0.3, 0.4) is 0 Å². The number of fused-ring (bicyclic) bond motifs is 1. The summed E-state index contributed by atoms with van der Waals surface area (Å²) in [5.74, 6) is -1.28. The Hall–Kier alpha value is -2.04. The molecule has 0 saturated carbocycles. The number of rotatable bonds is 2. The minimum atomic E-state index is -0.804. The number of aryl methyl sites for hydroxylation is 1. The second-order valence-electron chi connectivity index (χ2n) is 5.83. The Morgan fingerprint density at radius 2 is 2.14 bits per heavy atom. The molecule has 1 aromatic rings. The van der Waals surface area contributed by atoms with Crippen molar-refractivity contribution in [1.29, 1.82) is 0 Å². The first kappa shape index (κ1) is 13.9. The van der Waals surface area contributed by atoms with Crippen LogP contribution in [0.15, 0.2) is 18.2 Å². The van der Waals surface area contributed by atoms with Crippen LogP contribution in [-0.2, 0) is 11.2 Å². The van der Waals surface area contributed by atoms with E-state index in [9.17, 15) is 9.59 Å². The lowest BCUT2D eigenvalue weighted by molar-refractivity contribution is -0.143. The van der Waals surface area contributed by atoms with Crippen molar-refractivity contribution in [2.24, 2.45) is 5.92 Å². The zero-order valence-electron chi connectivity index (χ0n) is 12.0. The summed E-state index contributed by atoms with van der Waals surface area (Å²) in [7, 11) is 0. The topological polar surface area (TPSA) is 69.6 Å². The molecule has 2 aliphatic rings. The van der Waals surface area contributed by atoms with E-state index in [1.54, 1.807) is 4.90 Å². The van der Waals surface area contributed by atoms with Crippen molar-refractivity contribution in [3.8, 4) is 0 Å². The lowest BCUT2D eigenvalue weighted by atomic mass is 9.96. The largest absolute Gasteiger partial charge is 0.481 e. The van der Waals surface area contributed by atoms with E-state index in [4.69, 9.17) is 5.11 Å². The van der Waals surface area contributed by atoms with Gasteiger partial charge in [0.1, 0.15) is 0 Å². The molecule has 0 radical (unpaired) electrons. The van der Waals surface area contributed by atoms with E-state index in [1.165, 1.54) is 5.56 Å². The van der Waals surface area contributed by atoms with E-state index in [1.807, 2.05) is 18.2 Å². The molecule has 2 aliphatic heterocycles. The average Bonchev–Trinajstić information content (AvgIpc) is 2.53. The predicted octanol–water partition coefficient (Wildman–Crippen LogP) is 1.98. The normalized spacial score (nSPS) is 21.3. The number of aliphatic carboxylic acids is 1. The molecule has 112 valence electrons. The van der Waals surface area contributed by atoms with Crippen molar-refractivity contribution in [2.75, 3.05) is 25.0 Å². The number of piperidine rings is 1. The molecule has 0 aliphatic carbocycles. The molecule has 0 unspecified atom stereocenters. The number of benzene rings is 1. The minimum absolute atomic E-state index is 0.0469. The Morgan fingerprint density at radius 1 is 1.29 bits per heavy atom. The maximum absolute atomic E-state index is 12.6. The highest BCUT2D eigenvalue weighted by Gasteiger charge is 2.28. The van der Waals surface area contributed by atoms with Gasteiger partial charge >= 0.3 is 5.97 Å². The number of hydrogen-bond acceptors (Lipinski definition) is 3. The molecule has 21 heavy (non-hydrogen) atoms. The lowest BCUT2D eigenvalue weighted by Gasteiger charge is -2.31. The molecule has 1 fully saturated rings. The summed E-state index contributed by atoms with van der Waals surface area (Å²) in [6.45, 7) is 1.95. The van der Waals surface area contributed by atoms with Gasteiger partial charge in [-0.3, -0.25) is 9.59 Å². The average molecular weight is 288 g/mol. The van der Waals surface area contributed by atoms with Gasteiger partial charge in [-0.25, -0.2) is 0 Å². The number of hydrogen-bond donors (Lipinski definition) is 2. The molecule has 1 amide bonds. The van der Waals surface area contributed by atoms with Gasteiger partial charge in [-0.05, 0) is 49.4 Å². The van der Waals surface area contributed by atoms with Gasteiger partial charge in [-0.1, -0.05) is 0 Å². The van der Waals surface area contributed by atoms with Gasteiger partial charge in [0.2, 0.25) is 0 Å². The summed E-state index contributed by atoms with van der Waals surface area (Å²) < 4.78 is 0. The highest BCUT2D eigenvalue weighted by molar-refractivity contribution is 5.95. The molecule has 0 spiro atoms. The smallest absolute Gasteiger partial charge is 0.308 e. The predicted molar refractivity (Wildman–Crippen MR) is 79.5 cm³/mol. The van der Waals surface area contributed by atoms with Crippen LogP contribution < -0.4 is 5.32 Å². The van der Waals surface area contributed by atoms with Crippen LogP contribution in [0.5, 0.6) is 0 Å². The fraction of sp³-hybridized carbons (Fsp3) is 0.500. The first-order valence-corrected chi connectivity index (χ1v) is 7.54. The number of anilines is 1. The summed E-state index contributed by atoms with van der Waals surface area (Å²) >= 11 is 0. The molecule has 0 bridgehead atoms. The number of carbonyl (C=O) groups excluding carboxylic acids is 1. The van der Waals surface area contributed by atoms with E-state index >= 15 is 0 Å². The molecule has 2 heterocycles. The van der Waals surface area contributed by atoms with Gasteiger partial charge in [0.25, 0.3) is 5.91 Å². The number of amides is 1. The van der Waals surface area contributed by atoms with Crippen LogP contribution in [-0.4, -0.2) is 41.5 Å². The van der Waals surface area contributed by atoms with Gasteiger partial charge in [0.05, 0.1) is 5.92 Å². The first-order chi connectivity index (χ1) is 10.1. The highest BCUT2D eigenvalue weighted by atomic mass is 16.4. The summed E-state index contributed by atoms with van der Waals surface area (Å²) in [5.41, 5.74) is 2.96. The fourth-order valence-corrected chi connectivity index (χ4v) is 3.15. The Labute approximate surface area is 123 Å². The molecule has 3 rings (SSSR count). The maximum atomic E-state index is 12.6. The molecule has 1 atom stereocenters. The lowest BCUT2D eigenvalue weighted by Crippen LogP contribution is -2.42. The molecule has 1 saturated heterocycles. The summed E-state index contributed by atoms with van der Waals surface area (Å²) in [4.78, 5) is 25.4. The van der Waals surface area contributed by atoms with E-state index in [-0.39, 0.29) is 5.91 Å². The zero-order chi connectivity index (χ0) is 14.8. The van der Waals surface area contributed by atoms with Crippen LogP contribution in [0.1, 0.15) is 35.2 Å². The van der Waals surface area contributed by atoms with Crippen LogP contribution in [0.4, 0.5) is 5.69 Å². The summed E-state index contributed by atoms with van der Waals surface area (Å²) in [6.07, 6.45) is 3.49. The van der Waals surface area contributed by atoms with Crippen molar-refractivity contribution >= 4 is 17.6 Å². The molecule has 5 heteroatoms. The van der Waals surface area contributed by atoms with E-state index in [2.05, 4.69) is 5.32 Å². The van der Waals surface area contributed by atoms with Crippen LogP contribution in [0.2, 0.25) is 0 Å². The number of nitrogens with zero attached hydrogens (tertiary/aromatic N) is 1. The second kappa shape index (κ2) is 5.76. The third-order valence-corrected chi connectivity index (χ3v) is 4.35. The quantitative estimate of drug-likeness (QED) is 0.873. The highest BCUT2D eigenvalue weighted by Crippen LogP contribution is 2.25. The maximum Gasteiger partial charge on any atom is 0.308 e. The zero-order valence-corrected chi connectivity index (χ0v) is 12.0. The first-order valence-electron chi connectivity index (χ1n) is 7.54. The second-order valence-corrected chi connectivity index (χ2v) is 5.83. The molecular formula is C16H20N2O3. The molecule has 1 aromatic carbocycles. The number of carbonyl (C=O) groups is 2. The molecule has 5 nitrogen and oxygen atoms in total. The van der Waals surface area contributed by atoms with E-state index in [0.717, 1.165) is 31.5 Å². The third kappa shape index (κ3) is 2.86. The van der Waals surface area contributed by atoms with E-state index in [0.29, 0.717) is 25.1 Å². The van der Waals surface area contributed by atoms with Crippen LogP contribution >= 0.6 is 0 Å². The molecular weight excluding hydrogens is 268 g/mol. The van der Waals surface area contributed by atoms with Crippen molar-refractivity contribution in [1.82, 2.24) is 4.90 Å². The van der Waals surface area contributed by atoms with Gasteiger partial charge < -0.3 is 15.3 Å². The van der Waals surface area contributed by atoms with Crippen molar-refractivity contribution in [3.05, 3.63) is 29.3 Å². The minimum Gasteiger partial charge on any atom is -0.481 e. The Balaban J connectivity index is 1.77. The Kier molecular flexibility index (Phi) is 3.82. The van der Waals surface area contributed by atoms with Gasteiger partial charge in [-0.2, -0.15) is 0 Å². The molecule has 2 N–H and O–H groups in total. The standard InChI is InChI=1S/C16H20N2O3/c19-15(18-8-2-4-13(10-18)16(20)21)12-5-6-14-11(9-12)3-1-7-17-14/h5-6,9,13,17H,1-4,7-8,10H2,(H,20,21)/t13-/m1/s1. The monoisotopic (exact) mass is 288 g/mol. The van der Waals surface area contributed by atoms with Crippen LogP contribution in [0, 0.1) is 5.92 Å².